The minimum absolute atomic E-state index is 0.112. The van der Waals surface area contributed by atoms with Gasteiger partial charge >= 0.3 is 0 Å². The van der Waals surface area contributed by atoms with Gasteiger partial charge in [0.25, 0.3) is 0 Å². The van der Waals surface area contributed by atoms with E-state index in [-0.39, 0.29) is 11.5 Å². The fraction of sp³-hybridized carbons (Fsp3) is 0.905. The number of aliphatic hydroxyl groups excluding tert-OH is 2. The molecule has 0 radical (unpaired) electrons. The molecule has 0 spiro atoms. The smallest absolute Gasteiger partial charge is 0.0961 e. The third-order valence-corrected chi connectivity index (χ3v) is 8.96. The van der Waals surface area contributed by atoms with Crippen LogP contribution in [-0.2, 0) is 0 Å². The Kier molecular flexibility index (Phi) is 3.77. The van der Waals surface area contributed by atoms with Gasteiger partial charge < -0.3 is 15.3 Å². The number of allylic oxidation sites excluding steroid dienone is 2. The van der Waals surface area contributed by atoms with E-state index in [1.807, 2.05) is 0 Å². The molecule has 8 atom stereocenters. The van der Waals surface area contributed by atoms with Gasteiger partial charge in [0.2, 0.25) is 0 Å². The van der Waals surface area contributed by atoms with Crippen molar-refractivity contribution in [1.82, 2.24) is 0 Å². The van der Waals surface area contributed by atoms with Crippen LogP contribution in [0.3, 0.4) is 0 Å². The maximum atomic E-state index is 11.2. The van der Waals surface area contributed by atoms with Gasteiger partial charge in [0.05, 0.1) is 17.8 Å². The minimum Gasteiger partial charge on any atom is -0.393 e. The van der Waals surface area contributed by atoms with E-state index < -0.39 is 11.7 Å². The van der Waals surface area contributed by atoms with Crippen molar-refractivity contribution in [2.24, 2.45) is 28.6 Å². The molecule has 0 amide bonds. The molecule has 3 saturated carbocycles. The average Bonchev–Trinajstić information content (AvgIpc) is 2.81. The van der Waals surface area contributed by atoms with Crippen molar-refractivity contribution in [3.63, 3.8) is 0 Å². The monoisotopic (exact) mass is 334 g/mol. The van der Waals surface area contributed by atoms with Crippen molar-refractivity contribution in [2.75, 3.05) is 0 Å². The summed E-state index contributed by atoms with van der Waals surface area (Å²) in [5.74, 6) is 1.63. The normalized spacial score (nSPS) is 55.2. The van der Waals surface area contributed by atoms with E-state index in [0.29, 0.717) is 23.2 Å². The van der Waals surface area contributed by atoms with Gasteiger partial charge in [-0.1, -0.05) is 25.5 Å². The summed E-state index contributed by atoms with van der Waals surface area (Å²) in [4.78, 5) is 0. The molecule has 1 unspecified atom stereocenters. The van der Waals surface area contributed by atoms with Gasteiger partial charge in [0, 0.05) is 5.41 Å². The first-order valence-corrected chi connectivity index (χ1v) is 10.0. The van der Waals surface area contributed by atoms with Crippen molar-refractivity contribution in [1.29, 1.82) is 0 Å². The topological polar surface area (TPSA) is 60.7 Å². The van der Waals surface area contributed by atoms with Crippen LogP contribution in [0.4, 0.5) is 0 Å². The van der Waals surface area contributed by atoms with Crippen molar-refractivity contribution in [2.45, 2.75) is 89.9 Å². The molecule has 4 rings (SSSR count). The Morgan fingerprint density at radius 1 is 1.08 bits per heavy atom. The summed E-state index contributed by atoms with van der Waals surface area (Å²) < 4.78 is 0. The molecular formula is C21H34O3. The number of hydrogen-bond donors (Lipinski definition) is 3. The predicted molar refractivity (Wildman–Crippen MR) is 94.3 cm³/mol. The van der Waals surface area contributed by atoms with E-state index in [1.54, 1.807) is 12.5 Å². The third-order valence-electron chi connectivity index (χ3n) is 8.96. The zero-order valence-corrected chi connectivity index (χ0v) is 15.5. The lowest BCUT2D eigenvalue weighted by atomic mass is 9.47. The highest BCUT2D eigenvalue weighted by atomic mass is 16.3. The molecule has 0 aliphatic heterocycles. The van der Waals surface area contributed by atoms with Crippen molar-refractivity contribution < 1.29 is 15.3 Å². The summed E-state index contributed by atoms with van der Waals surface area (Å²) in [6, 6.07) is 0. The molecule has 4 aliphatic rings. The zero-order chi connectivity index (χ0) is 17.3. The molecule has 3 fully saturated rings. The molecular weight excluding hydrogens is 300 g/mol. The van der Waals surface area contributed by atoms with Gasteiger partial charge in [0.15, 0.2) is 0 Å². The van der Waals surface area contributed by atoms with Gasteiger partial charge in [-0.15, -0.1) is 0 Å². The number of fused-ring (bicyclic) bond motifs is 5. The molecule has 0 aromatic heterocycles. The van der Waals surface area contributed by atoms with E-state index >= 15 is 0 Å². The van der Waals surface area contributed by atoms with Crippen molar-refractivity contribution in [3.05, 3.63) is 11.6 Å². The SMILES string of the molecule is C[C@H](O)[C@@]1(O)CC[C@H]2C3=CCC4C[C@H](O)CC[C@]4(C)[C@H]3CC[C@@]21C. The molecule has 0 heterocycles. The Labute approximate surface area is 146 Å². The summed E-state index contributed by atoms with van der Waals surface area (Å²) in [7, 11) is 0. The molecule has 0 bridgehead atoms. The largest absolute Gasteiger partial charge is 0.393 e. The molecule has 24 heavy (non-hydrogen) atoms. The predicted octanol–water partition coefficient (Wildman–Crippen LogP) is 3.42. The Morgan fingerprint density at radius 2 is 1.79 bits per heavy atom. The van der Waals surface area contributed by atoms with Crippen molar-refractivity contribution >= 4 is 0 Å². The molecule has 0 saturated heterocycles. The maximum absolute atomic E-state index is 11.2. The lowest BCUT2D eigenvalue weighted by Crippen LogP contribution is -2.56. The van der Waals surface area contributed by atoms with Crippen LogP contribution in [0.2, 0.25) is 0 Å². The summed E-state index contributed by atoms with van der Waals surface area (Å²) in [6.45, 7) is 6.43. The lowest BCUT2D eigenvalue weighted by Gasteiger charge is -2.58. The van der Waals surface area contributed by atoms with Crippen LogP contribution in [0.25, 0.3) is 0 Å². The third kappa shape index (κ3) is 2.01. The number of aliphatic hydroxyl groups is 3. The summed E-state index contributed by atoms with van der Waals surface area (Å²) in [5, 5.41) is 31.6. The summed E-state index contributed by atoms with van der Waals surface area (Å²) >= 11 is 0. The molecule has 4 aliphatic carbocycles. The molecule has 3 heteroatoms. The Hall–Kier alpha value is -0.380. The van der Waals surface area contributed by atoms with Crippen LogP contribution in [0, 0.1) is 28.6 Å². The second kappa shape index (κ2) is 5.31. The quantitative estimate of drug-likeness (QED) is 0.644. The van der Waals surface area contributed by atoms with E-state index in [2.05, 4.69) is 19.9 Å². The first kappa shape index (κ1) is 17.1. The highest BCUT2D eigenvalue weighted by Gasteiger charge is 2.64. The van der Waals surface area contributed by atoms with Crippen LogP contribution in [0.5, 0.6) is 0 Å². The van der Waals surface area contributed by atoms with Gasteiger partial charge in [0.1, 0.15) is 0 Å². The highest BCUT2D eigenvalue weighted by Crippen LogP contribution is 2.67. The fourth-order valence-electron chi connectivity index (χ4n) is 7.23. The first-order chi connectivity index (χ1) is 11.2. The molecule has 136 valence electrons. The van der Waals surface area contributed by atoms with Crippen LogP contribution in [-0.4, -0.2) is 33.1 Å². The van der Waals surface area contributed by atoms with Crippen LogP contribution >= 0.6 is 0 Å². The standard InChI is InChI=1S/C21H34O3/c1-13(22)21(24)11-8-18-16-5-4-14-12-15(23)6-9-19(14,2)17(16)7-10-20(18,21)3/h5,13-15,17-18,22-24H,4,6-12H2,1-3H3/t13-,14?,15+,17-,18-,19-,20-,21-/m0/s1. The molecule has 0 aromatic carbocycles. The Morgan fingerprint density at radius 3 is 2.50 bits per heavy atom. The second-order valence-electron chi connectivity index (χ2n) is 9.77. The van der Waals surface area contributed by atoms with Crippen LogP contribution in [0.15, 0.2) is 11.6 Å². The number of rotatable bonds is 1. The molecule has 3 N–H and O–H groups in total. The molecule has 3 nitrogen and oxygen atoms in total. The fourth-order valence-corrected chi connectivity index (χ4v) is 7.23. The van der Waals surface area contributed by atoms with Gasteiger partial charge in [-0.05, 0) is 81.5 Å². The van der Waals surface area contributed by atoms with Gasteiger partial charge in [-0.25, -0.2) is 0 Å². The van der Waals surface area contributed by atoms with E-state index in [4.69, 9.17) is 0 Å². The van der Waals surface area contributed by atoms with Gasteiger partial charge in [-0.3, -0.25) is 0 Å². The van der Waals surface area contributed by atoms with E-state index in [1.165, 1.54) is 0 Å². The van der Waals surface area contributed by atoms with Crippen LogP contribution in [0.1, 0.15) is 72.1 Å². The molecule has 0 aromatic rings. The first-order valence-electron chi connectivity index (χ1n) is 10.0. The van der Waals surface area contributed by atoms with Crippen molar-refractivity contribution in [3.8, 4) is 0 Å². The second-order valence-corrected chi connectivity index (χ2v) is 9.77. The Balaban J connectivity index is 1.69. The maximum Gasteiger partial charge on any atom is 0.0961 e. The summed E-state index contributed by atoms with van der Waals surface area (Å²) in [5.41, 5.74) is 0.761. The van der Waals surface area contributed by atoms with Gasteiger partial charge in [-0.2, -0.15) is 0 Å². The zero-order valence-electron chi connectivity index (χ0n) is 15.5. The van der Waals surface area contributed by atoms with E-state index in [0.717, 1.165) is 51.4 Å². The van der Waals surface area contributed by atoms with E-state index in [9.17, 15) is 15.3 Å². The Bertz CT molecular complexity index is 555. The number of hydrogen-bond acceptors (Lipinski definition) is 3. The highest BCUT2D eigenvalue weighted by molar-refractivity contribution is 5.30. The van der Waals surface area contributed by atoms with Crippen LogP contribution < -0.4 is 0 Å². The average molecular weight is 335 g/mol. The summed E-state index contributed by atoms with van der Waals surface area (Å²) in [6.07, 6.45) is 9.64. The minimum atomic E-state index is -0.940. The lowest BCUT2D eigenvalue weighted by molar-refractivity contribution is -0.152.